The van der Waals surface area contributed by atoms with Gasteiger partial charge in [0, 0.05) is 43.6 Å². The molecule has 9 nitrogen and oxygen atoms in total. The number of hydrogen-bond donors (Lipinski definition) is 2. The van der Waals surface area contributed by atoms with Crippen LogP contribution in [0, 0.1) is 0 Å². The van der Waals surface area contributed by atoms with Crippen molar-refractivity contribution in [1.29, 1.82) is 0 Å². The fourth-order valence-corrected chi connectivity index (χ4v) is 3.79. The minimum absolute atomic E-state index is 0.219. The highest BCUT2D eigenvalue weighted by atomic mass is 19.4. The van der Waals surface area contributed by atoms with Crippen LogP contribution in [0.4, 0.5) is 29.5 Å². The molecule has 2 amide bonds. The van der Waals surface area contributed by atoms with Crippen molar-refractivity contribution < 1.29 is 22.7 Å². The number of fused-ring (bicyclic) bond motifs is 1. The number of benzene rings is 1. The summed E-state index contributed by atoms with van der Waals surface area (Å²) in [5.41, 5.74) is 1.42. The summed E-state index contributed by atoms with van der Waals surface area (Å²) in [6.07, 6.45) is -2.99. The van der Waals surface area contributed by atoms with Crippen molar-refractivity contribution in [3.8, 4) is 11.4 Å². The summed E-state index contributed by atoms with van der Waals surface area (Å²) >= 11 is 0. The van der Waals surface area contributed by atoms with Gasteiger partial charge in [0.05, 0.1) is 18.6 Å². The zero-order valence-corrected chi connectivity index (χ0v) is 19.6. The molecule has 2 N–H and O–H groups in total. The number of nitrogens with one attached hydrogen (secondary N) is 2. The monoisotopic (exact) mass is 491 g/mol. The molecule has 1 aromatic carbocycles. The lowest BCUT2D eigenvalue weighted by molar-refractivity contribution is -0.139. The Bertz CT molecular complexity index is 1160. The zero-order valence-electron chi connectivity index (χ0n) is 19.6. The molecule has 1 aliphatic heterocycles. The quantitative estimate of drug-likeness (QED) is 0.528. The number of hydrogen-bond acceptors (Lipinski definition) is 6. The van der Waals surface area contributed by atoms with Crippen LogP contribution in [0.1, 0.15) is 0 Å². The van der Waals surface area contributed by atoms with E-state index in [4.69, 9.17) is 9.72 Å². The van der Waals surface area contributed by atoms with E-state index in [0.29, 0.717) is 67.7 Å². The zero-order chi connectivity index (χ0) is 25.0. The van der Waals surface area contributed by atoms with Gasteiger partial charge in [-0.1, -0.05) is 0 Å². The minimum atomic E-state index is -4.38. The van der Waals surface area contributed by atoms with Crippen LogP contribution in [0.2, 0.25) is 0 Å². The van der Waals surface area contributed by atoms with Crippen LogP contribution in [0.5, 0.6) is 0 Å². The molecule has 1 aliphatic rings. The van der Waals surface area contributed by atoms with Gasteiger partial charge in [0.2, 0.25) is 0 Å². The van der Waals surface area contributed by atoms with Gasteiger partial charge >= 0.3 is 12.2 Å². The molecule has 4 rings (SSSR count). The summed E-state index contributed by atoms with van der Waals surface area (Å²) in [4.78, 5) is 25.2. The molecule has 0 saturated carbocycles. The number of urea groups is 1. The second-order valence-electron chi connectivity index (χ2n) is 8.53. The van der Waals surface area contributed by atoms with Crippen LogP contribution >= 0.6 is 0 Å². The molecule has 0 unspecified atom stereocenters. The number of rotatable bonds is 7. The van der Waals surface area contributed by atoms with Crippen LogP contribution in [-0.4, -0.2) is 85.1 Å². The number of amides is 2. The first-order valence-electron chi connectivity index (χ1n) is 11.3. The third kappa shape index (κ3) is 6.40. The van der Waals surface area contributed by atoms with E-state index >= 15 is 0 Å². The van der Waals surface area contributed by atoms with Crippen LogP contribution < -0.4 is 15.5 Å². The average molecular weight is 492 g/mol. The number of likely N-dealkylation sites (N-methyl/N-ethyl adjacent to an activating group) is 1. The topological polar surface area (TPSA) is 87.5 Å². The van der Waals surface area contributed by atoms with Gasteiger partial charge < -0.3 is 29.7 Å². The number of halogens is 3. The summed E-state index contributed by atoms with van der Waals surface area (Å²) < 4.78 is 46.0. The van der Waals surface area contributed by atoms with E-state index in [1.165, 1.54) is 6.20 Å². The molecule has 0 bridgehead atoms. The van der Waals surface area contributed by atoms with Gasteiger partial charge in [0.25, 0.3) is 0 Å². The predicted molar refractivity (Wildman–Crippen MR) is 128 cm³/mol. The molecule has 0 radical (unpaired) electrons. The lowest BCUT2D eigenvalue weighted by Crippen LogP contribution is -2.37. The second-order valence-corrected chi connectivity index (χ2v) is 8.53. The SMILES string of the molecule is CN(C)CCNC(=O)Nc1ccc(-c2nc(N3CCOCC3)c3ccn(CC(F)(F)F)c3n2)cc1. The van der Waals surface area contributed by atoms with Crippen LogP contribution in [-0.2, 0) is 11.3 Å². The number of nitrogens with zero attached hydrogens (tertiary/aromatic N) is 5. The molecule has 0 aliphatic carbocycles. The van der Waals surface area contributed by atoms with Crippen molar-refractivity contribution >= 4 is 28.6 Å². The molecule has 35 heavy (non-hydrogen) atoms. The van der Waals surface area contributed by atoms with Crippen molar-refractivity contribution in [2.75, 3.05) is 63.7 Å². The number of morpholine rings is 1. The second kappa shape index (κ2) is 10.5. The summed E-state index contributed by atoms with van der Waals surface area (Å²) in [6.45, 7) is 2.29. The van der Waals surface area contributed by atoms with Gasteiger partial charge in [-0.3, -0.25) is 0 Å². The van der Waals surface area contributed by atoms with Gasteiger partial charge in [0.1, 0.15) is 18.0 Å². The van der Waals surface area contributed by atoms with Crippen molar-refractivity contribution in [3.05, 3.63) is 36.5 Å². The number of ether oxygens (including phenoxy) is 1. The first-order chi connectivity index (χ1) is 16.7. The van der Waals surface area contributed by atoms with Crippen LogP contribution in [0.25, 0.3) is 22.4 Å². The van der Waals surface area contributed by atoms with Crippen molar-refractivity contribution in [2.45, 2.75) is 12.7 Å². The average Bonchev–Trinajstić information content (AvgIpc) is 3.20. The molecule has 0 spiro atoms. The largest absolute Gasteiger partial charge is 0.406 e. The third-order valence-corrected chi connectivity index (χ3v) is 5.50. The Morgan fingerprint density at radius 3 is 2.49 bits per heavy atom. The fourth-order valence-electron chi connectivity index (χ4n) is 3.79. The number of carbonyl (C=O) groups is 1. The van der Waals surface area contributed by atoms with Gasteiger partial charge in [-0.25, -0.2) is 14.8 Å². The molecule has 2 aromatic heterocycles. The maximum atomic E-state index is 13.2. The molecule has 12 heteroatoms. The number of anilines is 2. The Balaban J connectivity index is 1.61. The van der Waals surface area contributed by atoms with E-state index in [-0.39, 0.29) is 11.7 Å². The molecule has 3 heterocycles. The summed E-state index contributed by atoms with van der Waals surface area (Å²) in [7, 11) is 3.84. The van der Waals surface area contributed by atoms with Gasteiger partial charge in [-0.2, -0.15) is 13.2 Å². The normalized spacial score (nSPS) is 14.5. The molecular weight excluding hydrogens is 463 g/mol. The molecule has 1 fully saturated rings. The number of alkyl halides is 3. The molecule has 1 saturated heterocycles. The molecule has 3 aromatic rings. The first kappa shape index (κ1) is 24.7. The number of carbonyl (C=O) groups excluding carboxylic acids is 1. The first-order valence-corrected chi connectivity index (χ1v) is 11.3. The van der Waals surface area contributed by atoms with Gasteiger partial charge in [-0.15, -0.1) is 0 Å². The van der Waals surface area contributed by atoms with E-state index in [9.17, 15) is 18.0 Å². The van der Waals surface area contributed by atoms with Gasteiger partial charge in [0.15, 0.2) is 5.82 Å². The maximum Gasteiger partial charge on any atom is 0.406 e. The highest BCUT2D eigenvalue weighted by molar-refractivity contribution is 5.91. The summed E-state index contributed by atoms with van der Waals surface area (Å²) in [5.74, 6) is 0.889. The van der Waals surface area contributed by atoms with Crippen LogP contribution in [0.3, 0.4) is 0 Å². The molecule has 0 atom stereocenters. The Hall–Kier alpha value is -3.38. The standard InChI is InChI=1S/C23H28F3N7O2/c1-31(2)10-8-27-22(34)28-17-5-3-16(4-6-17)19-29-20(32-11-13-35-14-12-32)18-7-9-33(21(18)30-19)15-23(24,25)26/h3-7,9H,8,10-15H2,1-2H3,(H2,27,28,34). The van der Waals surface area contributed by atoms with E-state index < -0.39 is 12.7 Å². The van der Waals surface area contributed by atoms with E-state index in [0.717, 1.165) is 4.57 Å². The lowest BCUT2D eigenvalue weighted by atomic mass is 10.2. The Kier molecular flexibility index (Phi) is 7.41. The summed E-state index contributed by atoms with van der Waals surface area (Å²) in [6, 6.07) is 8.18. The summed E-state index contributed by atoms with van der Waals surface area (Å²) in [5, 5.41) is 6.09. The van der Waals surface area contributed by atoms with E-state index in [2.05, 4.69) is 15.6 Å². The highest BCUT2D eigenvalue weighted by Gasteiger charge is 2.29. The lowest BCUT2D eigenvalue weighted by Gasteiger charge is -2.28. The van der Waals surface area contributed by atoms with Crippen molar-refractivity contribution in [1.82, 2.24) is 24.8 Å². The minimum Gasteiger partial charge on any atom is -0.378 e. The maximum absolute atomic E-state index is 13.2. The fraction of sp³-hybridized carbons (Fsp3) is 0.435. The number of aromatic nitrogens is 3. The Morgan fingerprint density at radius 2 is 1.83 bits per heavy atom. The highest BCUT2D eigenvalue weighted by Crippen LogP contribution is 2.31. The van der Waals surface area contributed by atoms with E-state index in [1.807, 2.05) is 23.9 Å². The van der Waals surface area contributed by atoms with Crippen LogP contribution in [0.15, 0.2) is 36.5 Å². The molecular formula is C23H28F3N7O2. The van der Waals surface area contributed by atoms with Gasteiger partial charge in [-0.05, 0) is 44.4 Å². The molecule has 188 valence electrons. The van der Waals surface area contributed by atoms with Crippen molar-refractivity contribution in [2.24, 2.45) is 0 Å². The Labute approximate surface area is 200 Å². The Morgan fingerprint density at radius 1 is 1.11 bits per heavy atom. The predicted octanol–water partition coefficient (Wildman–Crippen LogP) is 3.18. The van der Waals surface area contributed by atoms with Crippen molar-refractivity contribution in [3.63, 3.8) is 0 Å². The smallest absolute Gasteiger partial charge is 0.378 e. The third-order valence-electron chi connectivity index (χ3n) is 5.50. The van der Waals surface area contributed by atoms with E-state index in [1.54, 1.807) is 30.3 Å².